The van der Waals surface area contributed by atoms with Gasteiger partial charge in [0.1, 0.15) is 23.0 Å². The lowest BCUT2D eigenvalue weighted by atomic mass is 9.96. The topological polar surface area (TPSA) is 105 Å². The van der Waals surface area contributed by atoms with E-state index in [9.17, 15) is 19.2 Å². The molecule has 3 aromatic carbocycles. The maximum Gasteiger partial charge on any atom is 0.335 e. The van der Waals surface area contributed by atoms with Gasteiger partial charge in [0.15, 0.2) is 0 Å². The van der Waals surface area contributed by atoms with Gasteiger partial charge in [-0.2, -0.15) is 0 Å². The number of ether oxygens (including phenoxy) is 4. The molecule has 0 spiro atoms. The van der Waals surface area contributed by atoms with Crippen LogP contribution in [0.1, 0.15) is 5.56 Å². The molecular formula is C31H23IO8. The third-order valence-electron chi connectivity index (χ3n) is 5.38. The van der Waals surface area contributed by atoms with Gasteiger partial charge in [0.25, 0.3) is 0 Å². The molecule has 8 nitrogen and oxygen atoms in total. The first-order chi connectivity index (χ1) is 19.1. The van der Waals surface area contributed by atoms with E-state index >= 15 is 0 Å². The summed E-state index contributed by atoms with van der Waals surface area (Å²) in [5.41, 5.74) is 3.19. The molecule has 202 valence electrons. The average Bonchev–Trinajstić information content (AvgIpc) is 2.95. The normalized spacial score (nSPS) is 10.1. The Balaban J connectivity index is 2.10. The molecule has 0 heterocycles. The minimum atomic E-state index is -0.693. The molecule has 3 rings (SSSR count). The molecule has 0 aromatic heterocycles. The lowest BCUT2D eigenvalue weighted by Gasteiger charge is -2.17. The molecule has 0 aliphatic carbocycles. The highest BCUT2D eigenvalue weighted by atomic mass is 127. The molecule has 0 radical (unpaired) electrons. The van der Waals surface area contributed by atoms with Gasteiger partial charge in [-0.1, -0.05) is 50.6 Å². The van der Waals surface area contributed by atoms with Crippen LogP contribution in [-0.2, 0) is 19.2 Å². The summed E-state index contributed by atoms with van der Waals surface area (Å²) in [6.45, 7) is 15.4. The van der Waals surface area contributed by atoms with Crippen LogP contribution in [-0.4, -0.2) is 23.9 Å². The highest BCUT2D eigenvalue weighted by Gasteiger charge is 2.21. The molecule has 0 saturated carbocycles. The van der Waals surface area contributed by atoms with E-state index in [0.717, 1.165) is 24.3 Å². The van der Waals surface area contributed by atoms with Crippen LogP contribution in [0.3, 0.4) is 0 Å². The van der Waals surface area contributed by atoms with E-state index in [1.54, 1.807) is 43.3 Å². The number of carbonyl (C=O) groups excluding carboxylic acids is 4. The zero-order chi connectivity index (χ0) is 29.4. The smallest absolute Gasteiger partial charge is 0.335 e. The fourth-order valence-corrected chi connectivity index (χ4v) is 4.10. The van der Waals surface area contributed by atoms with Crippen molar-refractivity contribution in [3.8, 4) is 45.3 Å². The van der Waals surface area contributed by atoms with Crippen LogP contribution in [0.4, 0.5) is 0 Å². The Morgan fingerprint density at radius 3 is 1.65 bits per heavy atom. The van der Waals surface area contributed by atoms with Gasteiger partial charge in [-0.25, -0.2) is 19.2 Å². The van der Waals surface area contributed by atoms with Crippen molar-refractivity contribution >= 4 is 46.5 Å². The molecule has 0 aliphatic heterocycles. The van der Waals surface area contributed by atoms with Gasteiger partial charge in [0.05, 0.1) is 3.57 Å². The molecule has 0 atom stereocenters. The van der Waals surface area contributed by atoms with Gasteiger partial charge in [-0.15, -0.1) is 0 Å². The van der Waals surface area contributed by atoms with Gasteiger partial charge in [-0.05, 0) is 58.3 Å². The van der Waals surface area contributed by atoms with Gasteiger partial charge in [0.2, 0.25) is 0 Å². The maximum atomic E-state index is 12.1. The molecule has 0 aliphatic rings. The van der Waals surface area contributed by atoms with E-state index in [2.05, 4.69) is 26.3 Å². The van der Waals surface area contributed by atoms with Crippen LogP contribution in [0, 0.1) is 10.5 Å². The minimum Gasteiger partial charge on any atom is -0.423 e. The predicted molar refractivity (Wildman–Crippen MR) is 158 cm³/mol. The number of carbonyl (C=O) groups is 4. The Morgan fingerprint density at radius 1 is 0.625 bits per heavy atom. The Morgan fingerprint density at radius 2 is 1.10 bits per heavy atom. The van der Waals surface area contributed by atoms with Crippen molar-refractivity contribution < 1.29 is 38.1 Å². The van der Waals surface area contributed by atoms with E-state index in [1.807, 2.05) is 22.6 Å². The molecule has 0 amide bonds. The van der Waals surface area contributed by atoms with Crippen LogP contribution in [0.25, 0.3) is 22.3 Å². The van der Waals surface area contributed by atoms with Crippen molar-refractivity contribution in [3.05, 3.63) is 108 Å². The largest absolute Gasteiger partial charge is 0.423 e. The summed E-state index contributed by atoms with van der Waals surface area (Å²) in [5, 5.41) is 0. The second kappa shape index (κ2) is 13.3. The first-order valence-corrected chi connectivity index (χ1v) is 12.6. The second-order valence-electron chi connectivity index (χ2n) is 7.92. The zero-order valence-corrected chi connectivity index (χ0v) is 23.6. The SMILES string of the molecule is C=CC(=O)Oc1ccc(-c2ccc(-c3c(OC(=O)C=C)cc(OC(=O)C=C)c(I)c3C)cc2)c(OC(=O)C=C)c1. The molecule has 0 bridgehead atoms. The predicted octanol–water partition coefficient (Wildman–Crippen LogP) is 6.30. The van der Waals surface area contributed by atoms with Crippen LogP contribution >= 0.6 is 22.6 Å². The van der Waals surface area contributed by atoms with Crippen LogP contribution < -0.4 is 18.9 Å². The molecule has 9 heteroatoms. The molecule has 40 heavy (non-hydrogen) atoms. The van der Waals surface area contributed by atoms with E-state index in [4.69, 9.17) is 18.9 Å². The Bertz CT molecular complexity index is 1550. The minimum absolute atomic E-state index is 0.145. The second-order valence-corrected chi connectivity index (χ2v) is 9.00. The number of halogens is 1. The highest BCUT2D eigenvalue weighted by Crippen LogP contribution is 2.42. The number of benzene rings is 3. The summed E-state index contributed by atoms with van der Waals surface area (Å²) < 4.78 is 22.0. The van der Waals surface area contributed by atoms with Gasteiger partial charge in [-0.3, -0.25) is 0 Å². The zero-order valence-electron chi connectivity index (χ0n) is 21.4. The van der Waals surface area contributed by atoms with Crippen molar-refractivity contribution in [2.45, 2.75) is 6.92 Å². The lowest BCUT2D eigenvalue weighted by molar-refractivity contribution is -0.130. The number of hydrogen-bond donors (Lipinski definition) is 0. The Kier molecular flexibility index (Phi) is 9.93. The van der Waals surface area contributed by atoms with Crippen molar-refractivity contribution in [2.24, 2.45) is 0 Å². The number of hydrogen-bond acceptors (Lipinski definition) is 8. The Hall–Kier alpha value is -4.77. The summed E-state index contributed by atoms with van der Waals surface area (Å²) in [6.07, 6.45) is 4.09. The summed E-state index contributed by atoms with van der Waals surface area (Å²) in [4.78, 5) is 47.5. The molecule has 0 unspecified atom stereocenters. The molecule has 3 aromatic rings. The fourth-order valence-electron chi connectivity index (χ4n) is 3.56. The first-order valence-electron chi connectivity index (χ1n) is 11.6. The number of rotatable bonds is 10. The van der Waals surface area contributed by atoms with Crippen LogP contribution in [0.2, 0.25) is 0 Å². The summed E-state index contributed by atoms with van der Waals surface area (Å²) in [5.74, 6) is -2.03. The molecule has 0 fully saturated rings. The van der Waals surface area contributed by atoms with Crippen LogP contribution in [0.5, 0.6) is 23.0 Å². The van der Waals surface area contributed by atoms with E-state index in [1.165, 1.54) is 12.1 Å². The summed E-state index contributed by atoms with van der Waals surface area (Å²) >= 11 is 2.04. The van der Waals surface area contributed by atoms with Gasteiger partial charge >= 0.3 is 23.9 Å². The maximum absolute atomic E-state index is 12.1. The average molecular weight is 650 g/mol. The monoisotopic (exact) mass is 650 g/mol. The standard InChI is InChI=1S/C31H23IO8/c1-6-26(33)37-21-14-15-22(23(16-21)38-27(34)7-2)19-10-12-20(13-11-19)30-18(5)31(32)25(40-29(36)9-4)17-24(30)39-28(35)8-3/h6-17H,1-4H2,5H3. The third kappa shape index (κ3) is 7.00. The van der Waals surface area contributed by atoms with Crippen molar-refractivity contribution in [1.82, 2.24) is 0 Å². The summed E-state index contributed by atoms with van der Waals surface area (Å²) in [7, 11) is 0. The van der Waals surface area contributed by atoms with Gasteiger partial charge in [0, 0.05) is 47.6 Å². The molecule has 0 saturated heterocycles. The molecular weight excluding hydrogens is 627 g/mol. The Labute approximate surface area is 244 Å². The van der Waals surface area contributed by atoms with Crippen molar-refractivity contribution in [2.75, 3.05) is 0 Å². The quantitative estimate of drug-likeness (QED) is 0.109. The summed E-state index contributed by atoms with van der Waals surface area (Å²) in [6, 6.07) is 13.2. The van der Waals surface area contributed by atoms with E-state index in [0.29, 0.717) is 31.4 Å². The van der Waals surface area contributed by atoms with Crippen molar-refractivity contribution in [3.63, 3.8) is 0 Å². The number of esters is 4. The van der Waals surface area contributed by atoms with E-state index in [-0.39, 0.29) is 23.0 Å². The lowest BCUT2D eigenvalue weighted by Crippen LogP contribution is -2.09. The van der Waals surface area contributed by atoms with E-state index < -0.39 is 23.9 Å². The molecule has 0 N–H and O–H groups in total. The first kappa shape index (κ1) is 29.8. The van der Waals surface area contributed by atoms with Crippen molar-refractivity contribution in [1.29, 1.82) is 0 Å². The highest BCUT2D eigenvalue weighted by molar-refractivity contribution is 14.1. The third-order valence-corrected chi connectivity index (χ3v) is 6.72. The fraction of sp³-hybridized carbons (Fsp3) is 0.0323. The van der Waals surface area contributed by atoms with Gasteiger partial charge < -0.3 is 18.9 Å². The van der Waals surface area contributed by atoms with Crippen LogP contribution in [0.15, 0.2) is 99.2 Å².